The molecule has 0 saturated carbocycles. The highest BCUT2D eigenvalue weighted by molar-refractivity contribution is 5.22. The van der Waals surface area contributed by atoms with Gasteiger partial charge in [-0.1, -0.05) is 6.07 Å². The van der Waals surface area contributed by atoms with Crippen molar-refractivity contribution in [1.82, 2.24) is 10.2 Å². The van der Waals surface area contributed by atoms with Gasteiger partial charge in [0.05, 0.1) is 12.7 Å². The van der Waals surface area contributed by atoms with Crippen LogP contribution in [0.25, 0.3) is 0 Å². The molecule has 0 radical (unpaired) electrons. The molecule has 2 atom stereocenters. The number of rotatable bonds is 4. The van der Waals surface area contributed by atoms with Crippen molar-refractivity contribution in [2.75, 3.05) is 33.3 Å². The second-order valence-electron chi connectivity index (χ2n) is 5.02. The van der Waals surface area contributed by atoms with Gasteiger partial charge in [0.15, 0.2) is 0 Å². The summed E-state index contributed by atoms with van der Waals surface area (Å²) in [5.41, 5.74) is 0.0895. The van der Waals surface area contributed by atoms with E-state index in [1.807, 2.05) is 7.05 Å². The summed E-state index contributed by atoms with van der Waals surface area (Å²) in [6.45, 7) is 4.80. The van der Waals surface area contributed by atoms with Crippen LogP contribution in [0.5, 0.6) is 0 Å². The number of benzene rings is 1. The van der Waals surface area contributed by atoms with Crippen LogP contribution < -0.4 is 5.32 Å². The summed E-state index contributed by atoms with van der Waals surface area (Å²) in [5.74, 6) is -1.02. The highest BCUT2D eigenvalue weighted by atomic mass is 19.1. The van der Waals surface area contributed by atoms with Crippen molar-refractivity contribution in [3.63, 3.8) is 0 Å². The standard InChI is InChI=1S/C14H20F2N2O/c1-10(14-12(15)4-3-5-13(14)16)17-8-11-9-18(2)6-7-19-11/h3-5,10-11,17H,6-9H2,1-2H3. The smallest absolute Gasteiger partial charge is 0.130 e. The molecule has 1 aromatic rings. The number of halogens is 2. The van der Waals surface area contributed by atoms with E-state index in [-0.39, 0.29) is 17.7 Å². The van der Waals surface area contributed by atoms with Crippen LogP contribution in [0.4, 0.5) is 8.78 Å². The van der Waals surface area contributed by atoms with E-state index in [2.05, 4.69) is 10.2 Å². The summed E-state index contributed by atoms with van der Waals surface area (Å²) in [6.07, 6.45) is 0.0658. The van der Waals surface area contributed by atoms with E-state index < -0.39 is 11.6 Å². The van der Waals surface area contributed by atoms with Crippen LogP contribution in [-0.2, 0) is 4.74 Å². The number of nitrogens with one attached hydrogen (secondary N) is 1. The highest BCUT2D eigenvalue weighted by Gasteiger charge is 2.20. The Balaban J connectivity index is 1.92. The van der Waals surface area contributed by atoms with Gasteiger partial charge in [-0.25, -0.2) is 8.78 Å². The first-order chi connectivity index (χ1) is 9.08. The minimum atomic E-state index is -0.512. The molecular formula is C14H20F2N2O. The van der Waals surface area contributed by atoms with Crippen LogP contribution in [-0.4, -0.2) is 44.3 Å². The Kier molecular flexibility index (Phi) is 4.85. The lowest BCUT2D eigenvalue weighted by atomic mass is 10.1. The van der Waals surface area contributed by atoms with Crippen LogP contribution >= 0.6 is 0 Å². The van der Waals surface area contributed by atoms with Gasteiger partial charge in [-0.15, -0.1) is 0 Å². The first-order valence-corrected chi connectivity index (χ1v) is 6.55. The highest BCUT2D eigenvalue weighted by Crippen LogP contribution is 2.20. The molecule has 5 heteroatoms. The summed E-state index contributed by atoms with van der Waals surface area (Å²) < 4.78 is 32.8. The minimum Gasteiger partial charge on any atom is -0.374 e. The molecule has 1 saturated heterocycles. The van der Waals surface area contributed by atoms with E-state index in [0.717, 1.165) is 13.1 Å². The maximum Gasteiger partial charge on any atom is 0.130 e. The van der Waals surface area contributed by atoms with E-state index in [1.165, 1.54) is 18.2 Å². The fraction of sp³-hybridized carbons (Fsp3) is 0.571. The Hall–Kier alpha value is -1.04. The topological polar surface area (TPSA) is 24.5 Å². The summed E-state index contributed by atoms with van der Waals surface area (Å²) in [7, 11) is 2.04. The van der Waals surface area contributed by atoms with Crippen molar-refractivity contribution in [2.24, 2.45) is 0 Å². The Morgan fingerprint density at radius 1 is 1.42 bits per heavy atom. The maximum atomic E-state index is 13.6. The molecule has 106 valence electrons. The molecule has 2 rings (SSSR count). The second-order valence-corrected chi connectivity index (χ2v) is 5.02. The zero-order valence-electron chi connectivity index (χ0n) is 11.3. The third-order valence-corrected chi connectivity index (χ3v) is 3.43. The molecule has 0 bridgehead atoms. The van der Waals surface area contributed by atoms with Crippen molar-refractivity contribution in [2.45, 2.75) is 19.1 Å². The van der Waals surface area contributed by atoms with E-state index >= 15 is 0 Å². The van der Waals surface area contributed by atoms with Crippen molar-refractivity contribution >= 4 is 0 Å². The molecule has 2 unspecified atom stereocenters. The molecule has 19 heavy (non-hydrogen) atoms. The molecule has 0 amide bonds. The first kappa shape index (κ1) is 14.4. The van der Waals surface area contributed by atoms with Crippen molar-refractivity contribution in [1.29, 1.82) is 0 Å². The van der Waals surface area contributed by atoms with Gasteiger partial charge in [0, 0.05) is 31.2 Å². The third kappa shape index (κ3) is 3.72. The second kappa shape index (κ2) is 6.41. The normalized spacial score (nSPS) is 22.4. The number of hydrogen-bond donors (Lipinski definition) is 1. The third-order valence-electron chi connectivity index (χ3n) is 3.43. The van der Waals surface area contributed by atoms with Gasteiger partial charge in [-0.2, -0.15) is 0 Å². The Bertz CT molecular complexity index is 408. The van der Waals surface area contributed by atoms with Gasteiger partial charge in [0.25, 0.3) is 0 Å². The molecule has 0 aromatic heterocycles. The fourth-order valence-corrected chi connectivity index (χ4v) is 2.32. The van der Waals surface area contributed by atoms with Crippen LogP contribution in [0.3, 0.4) is 0 Å². The number of hydrogen-bond acceptors (Lipinski definition) is 3. The van der Waals surface area contributed by atoms with Gasteiger partial charge in [0.1, 0.15) is 11.6 Å². The molecule has 1 N–H and O–H groups in total. The lowest BCUT2D eigenvalue weighted by molar-refractivity contribution is -0.0191. The summed E-state index contributed by atoms with van der Waals surface area (Å²) >= 11 is 0. The summed E-state index contributed by atoms with van der Waals surface area (Å²) in [5, 5.41) is 3.14. The Morgan fingerprint density at radius 2 is 2.11 bits per heavy atom. The molecule has 0 spiro atoms. The van der Waals surface area contributed by atoms with Crippen molar-refractivity contribution < 1.29 is 13.5 Å². The monoisotopic (exact) mass is 270 g/mol. The number of likely N-dealkylation sites (N-methyl/N-ethyl adjacent to an activating group) is 1. The minimum absolute atomic E-state index is 0.0658. The lowest BCUT2D eigenvalue weighted by Crippen LogP contribution is -2.45. The zero-order valence-corrected chi connectivity index (χ0v) is 11.3. The van der Waals surface area contributed by atoms with E-state index in [9.17, 15) is 8.78 Å². The van der Waals surface area contributed by atoms with E-state index in [1.54, 1.807) is 6.92 Å². The average Bonchev–Trinajstić information content (AvgIpc) is 2.36. The molecule has 1 aliphatic rings. The maximum absolute atomic E-state index is 13.6. The zero-order chi connectivity index (χ0) is 13.8. The lowest BCUT2D eigenvalue weighted by Gasteiger charge is -2.31. The molecule has 1 heterocycles. The quantitative estimate of drug-likeness (QED) is 0.905. The summed E-state index contributed by atoms with van der Waals surface area (Å²) in [6, 6.07) is 3.56. The van der Waals surface area contributed by atoms with Gasteiger partial charge in [0.2, 0.25) is 0 Å². The van der Waals surface area contributed by atoms with Gasteiger partial charge >= 0.3 is 0 Å². The van der Waals surface area contributed by atoms with Crippen molar-refractivity contribution in [3.05, 3.63) is 35.4 Å². The number of nitrogens with zero attached hydrogens (tertiary/aromatic N) is 1. The van der Waals surface area contributed by atoms with Crippen LogP contribution in [0.15, 0.2) is 18.2 Å². The predicted molar refractivity (Wildman–Crippen MR) is 70.0 cm³/mol. The largest absolute Gasteiger partial charge is 0.374 e. The average molecular weight is 270 g/mol. The number of morpholine rings is 1. The molecule has 1 fully saturated rings. The van der Waals surface area contributed by atoms with Gasteiger partial charge in [-0.05, 0) is 26.1 Å². The van der Waals surface area contributed by atoms with Crippen LogP contribution in [0.1, 0.15) is 18.5 Å². The van der Waals surface area contributed by atoms with E-state index in [4.69, 9.17) is 4.74 Å². The Morgan fingerprint density at radius 3 is 2.74 bits per heavy atom. The Labute approximate surface area is 112 Å². The molecule has 0 aliphatic carbocycles. The molecular weight excluding hydrogens is 250 g/mol. The SMILES string of the molecule is CC(NCC1CN(C)CCO1)c1c(F)cccc1F. The van der Waals surface area contributed by atoms with Crippen LogP contribution in [0, 0.1) is 11.6 Å². The summed E-state index contributed by atoms with van der Waals surface area (Å²) in [4.78, 5) is 2.18. The molecule has 3 nitrogen and oxygen atoms in total. The fourth-order valence-electron chi connectivity index (χ4n) is 2.32. The predicted octanol–water partition coefficient (Wildman–Crippen LogP) is 1.95. The van der Waals surface area contributed by atoms with Crippen molar-refractivity contribution in [3.8, 4) is 0 Å². The number of ether oxygens (including phenoxy) is 1. The van der Waals surface area contributed by atoms with Crippen LogP contribution in [0.2, 0.25) is 0 Å². The molecule has 1 aromatic carbocycles. The first-order valence-electron chi connectivity index (χ1n) is 6.55. The van der Waals surface area contributed by atoms with Gasteiger partial charge < -0.3 is 15.0 Å². The van der Waals surface area contributed by atoms with Gasteiger partial charge in [-0.3, -0.25) is 0 Å². The molecule has 1 aliphatic heterocycles. The van der Waals surface area contributed by atoms with E-state index in [0.29, 0.717) is 13.2 Å².